The van der Waals surface area contributed by atoms with Gasteiger partial charge in [0.05, 0.1) is 6.54 Å². The van der Waals surface area contributed by atoms with Gasteiger partial charge < -0.3 is 15.2 Å². The number of aliphatic imine (C=N–C) groups is 1. The summed E-state index contributed by atoms with van der Waals surface area (Å²) < 4.78 is 4.80. The molecule has 2 heterocycles. The first kappa shape index (κ1) is 18.0. The molecular formula is C14H21IN4OS. The van der Waals surface area contributed by atoms with Gasteiger partial charge in [0.1, 0.15) is 12.0 Å². The lowest BCUT2D eigenvalue weighted by Crippen LogP contribution is -2.39. The first-order chi connectivity index (χ1) is 9.79. The first-order valence-electron chi connectivity index (χ1n) is 6.74. The zero-order valence-electron chi connectivity index (χ0n) is 12.2. The Kier molecular flexibility index (Phi) is 8.36. The van der Waals surface area contributed by atoms with Crippen LogP contribution in [0, 0.1) is 0 Å². The predicted molar refractivity (Wildman–Crippen MR) is 97.5 cm³/mol. The van der Waals surface area contributed by atoms with Crippen LogP contribution in [-0.4, -0.2) is 24.2 Å². The number of aromatic nitrogens is 1. The molecule has 0 amide bonds. The topological polar surface area (TPSA) is 62.5 Å². The van der Waals surface area contributed by atoms with Crippen LogP contribution in [0.4, 0.5) is 0 Å². The summed E-state index contributed by atoms with van der Waals surface area (Å²) in [7, 11) is 0. The van der Waals surface area contributed by atoms with Gasteiger partial charge in [-0.25, -0.2) is 4.99 Å². The van der Waals surface area contributed by atoms with E-state index in [9.17, 15) is 0 Å². The lowest BCUT2D eigenvalue weighted by molar-refractivity contribution is 0.412. The van der Waals surface area contributed by atoms with Gasteiger partial charge in [-0.15, -0.1) is 35.3 Å². The van der Waals surface area contributed by atoms with E-state index in [0.29, 0.717) is 12.5 Å². The molecule has 2 aromatic heterocycles. The van der Waals surface area contributed by atoms with Crippen molar-refractivity contribution < 1.29 is 4.52 Å². The number of nitrogens with zero attached hydrogens (tertiary/aromatic N) is 2. The molecule has 0 spiro atoms. The fraction of sp³-hybridized carbons (Fsp3) is 0.429. The molecule has 0 aliphatic rings. The second-order valence-corrected chi connectivity index (χ2v) is 5.46. The van der Waals surface area contributed by atoms with Crippen LogP contribution < -0.4 is 10.6 Å². The number of hydrogen-bond acceptors (Lipinski definition) is 4. The van der Waals surface area contributed by atoms with Crippen molar-refractivity contribution in [1.82, 2.24) is 15.8 Å². The predicted octanol–water partition coefficient (Wildman–Crippen LogP) is 3.21. The van der Waals surface area contributed by atoms with Gasteiger partial charge in [-0.05, 0) is 18.4 Å². The van der Waals surface area contributed by atoms with Crippen LogP contribution in [0.15, 0.2) is 39.4 Å². The summed E-state index contributed by atoms with van der Waals surface area (Å²) in [5.41, 5.74) is 0.827. The largest absolute Gasteiger partial charge is 0.364 e. The van der Waals surface area contributed by atoms with Crippen LogP contribution in [-0.2, 0) is 6.54 Å². The molecule has 0 saturated heterocycles. The molecule has 21 heavy (non-hydrogen) atoms. The standard InChI is InChI=1S/C14H20N4OS.HI/c1-3-15-14(17-10-12-6-7-19-18-12)16-9-11(2)13-5-4-8-20-13;/h4-8,11H,3,9-10H2,1-2H3,(H2,15,16,17);1H. The number of halogens is 1. The Morgan fingerprint density at radius 2 is 2.29 bits per heavy atom. The van der Waals surface area contributed by atoms with Crippen LogP contribution in [0.1, 0.15) is 30.3 Å². The van der Waals surface area contributed by atoms with E-state index >= 15 is 0 Å². The molecule has 116 valence electrons. The van der Waals surface area contributed by atoms with Crippen molar-refractivity contribution >= 4 is 41.3 Å². The molecular weight excluding hydrogens is 399 g/mol. The van der Waals surface area contributed by atoms with Gasteiger partial charge in [0.2, 0.25) is 0 Å². The maximum absolute atomic E-state index is 4.80. The van der Waals surface area contributed by atoms with Gasteiger partial charge in [0, 0.05) is 30.0 Å². The molecule has 0 aromatic carbocycles. The molecule has 0 aliphatic carbocycles. The van der Waals surface area contributed by atoms with E-state index in [1.165, 1.54) is 4.88 Å². The minimum absolute atomic E-state index is 0. The molecule has 0 bridgehead atoms. The second-order valence-electron chi connectivity index (χ2n) is 4.48. The third kappa shape index (κ3) is 6.04. The quantitative estimate of drug-likeness (QED) is 0.428. The fourth-order valence-electron chi connectivity index (χ4n) is 1.74. The number of guanidine groups is 1. The van der Waals surface area contributed by atoms with E-state index < -0.39 is 0 Å². The minimum Gasteiger partial charge on any atom is -0.364 e. The Labute approximate surface area is 146 Å². The number of rotatable bonds is 6. The van der Waals surface area contributed by atoms with Crippen molar-refractivity contribution in [2.75, 3.05) is 13.1 Å². The van der Waals surface area contributed by atoms with Crippen molar-refractivity contribution in [3.63, 3.8) is 0 Å². The smallest absolute Gasteiger partial charge is 0.191 e. The summed E-state index contributed by atoms with van der Waals surface area (Å²) in [5, 5.41) is 12.5. The van der Waals surface area contributed by atoms with Crippen LogP contribution in [0.3, 0.4) is 0 Å². The lowest BCUT2D eigenvalue weighted by atomic mass is 10.1. The normalized spacial score (nSPS) is 12.6. The SMILES string of the molecule is CCNC(=NCc1ccon1)NCC(C)c1cccs1.I. The van der Waals surface area contributed by atoms with Gasteiger partial charge in [-0.1, -0.05) is 18.1 Å². The molecule has 2 aromatic rings. The molecule has 0 fully saturated rings. The van der Waals surface area contributed by atoms with Crippen LogP contribution in [0.5, 0.6) is 0 Å². The van der Waals surface area contributed by atoms with E-state index in [0.717, 1.165) is 24.7 Å². The minimum atomic E-state index is 0. The zero-order chi connectivity index (χ0) is 14.2. The van der Waals surface area contributed by atoms with E-state index in [4.69, 9.17) is 4.52 Å². The molecule has 0 saturated carbocycles. The third-order valence-electron chi connectivity index (χ3n) is 2.84. The summed E-state index contributed by atoms with van der Waals surface area (Å²) in [6.45, 7) is 6.46. The highest BCUT2D eigenvalue weighted by atomic mass is 127. The summed E-state index contributed by atoms with van der Waals surface area (Å²) in [5.74, 6) is 1.27. The molecule has 0 radical (unpaired) electrons. The Bertz CT molecular complexity index is 513. The fourth-order valence-corrected chi connectivity index (χ4v) is 2.53. The van der Waals surface area contributed by atoms with Crippen LogP contribution >= 0.6 is 35.3 Å². The average molecular weight is 420 g/mol. The molecule has 0 aliphatic heterocycles. The Hall–Kier alpha value is -1.09. The van der Waals surface area contributed by atoms with Crippen molar-refractivity contribution in [2.45, 2.75) is 26.3 Å². The van der Waals surface area contributed by atoms with Gasteiger partial charge in [-0.3, -0.25) is 0 Å². The number of thiophene rings is 1. The second kappa shape index (κ2) is 9.78. The van der Waals surface area contributed by atoms with E-state index in [1.54, 1.807) is 17.6 Å². The molecule has 1 unspecified atom stereocenters. The monoisotopic (exact) mass is 420 g/mol. The highest BCUT2D eigenvalue weighted by molar-refractivity contribution is 14.0. The Morgan fingerprint density at radius 3 is 2.90 bits per heavy atom. The van der Waals surface area contributed by atoms with Gasteiger partial charge in [-0.2, -0.15) is 0 Å². The summed E-state index contributed by atoms with van der Waals surface area (Å²) in [6, 6.07) is 6.07. The van der Waals surface area contributed by atoms with E-state index in [2.05, 4.69) is 52.1 Å². The van der Waals surface area contributed by atoms with Gasteiger partial charge >= 0.3 is 0 Å². The molecule has 2 N–H and O–H groups in total. The molecule has 1 atom stereocenters. The van der Waals surface area contributed by atoms with Gasteiger partial charge in [0.25, 0.3) is 0 Å². The highest BCUT2D eigenvalue weighted by Crippen LogP contribution is 2.19. The van der Waals surface area contributed by atoms with Crippen LogP contribution in [0.2, 0.25) is 0 Å². The number of nitrogens with one attached hydrogen (secondary N) is 2. The van der Waals surface area contributed by atoms with Crippen molar-refractivity contribution in [3.05, 3.63) is 40.4 Å². The molecule has 7 heteroatoms. The molecule has 2 rings (SSSR count). The summed E-state index contributed by atoms with van der Waals surface area (Å²) >= 11 is 1.78. The third-order valence-corrected chi connectivity index (χ3v) is 3.94. The van der Waals surface area contributed by atoms with Gasteiger partial charge in [0.15, 0.2) is 5.96 Å². The zero-order valence-corrected chi connectivity index (χ0v) is 15.4. The number of hydrogen-bond donors (Lipinski definition) is 2. The maximum Gasteiger partial charge on any atom is 0.191 e. The highest BCUT2D eigenvalue weighted by Gasteiger charge is 2.07. The first-order valence-corrected chi connectivity index (χ1v) is 7.62. The van der Waals surface area contributed by atoms with Crippen molar-refractivity contribution in [1.29, 1.82) is 0 Å². The average Bonchev–Trinajstić information content (AvgIpc) is 3.13. The van der Waals surface area contributed by atoms with Crippen molar-refractivity contribution in [2.24, 2.45) is 4.99 Å². The van der Waals surface area contributed by atoms with Crippen LogP contribution in [0.25, 0.3) is 0 Å². The van der Waals surface area contributed by atoms with Crippen molar-refractivity contribution in [3.8, 4) is 0 Å². The summed E-state index contributed by atoms with van der Waals surface area (Å²) in [4.78, 5) is 5.86. The Morgan fingerprint density at radius 1 is 1.43 bits per heavy atom. The van der Waals surface area contributed by atoms with E-state index in [1.807, 2.05) is 6.07 Å². The van der Waals surface area contributed by atoms with E-state index in [-0.39, 0.29) is 24.0 Å². The Balaban J connectivity index is 0.00000220. The maximum atomic E-state index is 4.80. The molecule has 5 nitrogen and oxygen atoms in total. The summed E-state index contributed by atoms with van der Waals surface area (Å²) in [6.07, 6.45) is 1.56. The lowest BCUT2D eigenvalue weighted by Gasteiger charge is -2.14.